The van der Waals surface area contributed by atoms with E-state index in [2.05, 4.69) is 26.1 Å². The van der Waals surface area contributed by atoms with Gasteiger partial charge in [0.1, 0.15) is 0 Å². The highest BCUT2D eigenvalue weighted by atomic mass is 32.2. The van der Waals surface area contributed by atoms with Crippen LogP contribution in [-0.4, -0.2) is 32.9 Å². The molecule has 0 bridgehead atoms. The lowest BCUT2D eigenvalue weighted by Crippen LogP contribution is -2.22. The smallest absolute Gasteiger partial charge is 0.242 e. The second kappa shape index (κ2) is 6.39. The molecule has 19 heavy (non-hydrogen) atoms. The Labute approximate surface area is 116 Å². The van der Waals surface area contributed by atoms with Gasteiger partial charge in [-0.2, -0.15) is 0 Å². The molecule has 0 saturated heterocycles. The molecule has 1 aromatic rings. The molecule has 0 aliphatic heterocycles. The number of sulfonamides is 1. The van der Waals surface area contributed by atoms with Crippen molar-refractivity contribution in [2.45, 2.75) is 38.1 Å². The third-order valence-electron chi connectivity index (χ3n) is 2.85. The fraction of sp³-hybridized carbons (Fsp3) is 0.571. The fourth-order valence-electron chi connectivity index (χ4n) is 2.01. The summed E-state index contributed by atoms with van der Waals surface area (Å²) in [6.45, 7) is 6.45. The topological polar surface area (TPSA) is 49.4 Å². The first-order valence-electron chi connectivity index (χ1n) is 6.52. The molecule has 1 unspecified atom stereocenters. The molecule has 0 aromatic heterocycles. The van der Waals surface area contributed by atoms with Gasteiger partial charge in [-0.25, -0.2) is 12.7 Å². The standard InChI is InChI=1S/C14H24N2O2S/c1-11(2)9-12(3)15-13-7-6-8-14(10-13)19(17,18)16(4)5/h6-8,10-12,15H,9H2,1-5H3. The van der Waals surface area contributed by atoms with Gasteiger partial charge >= 0.3 is 0 Å². The summed E-state index contributed by atoms with van der Waals surface area (Å²) in [5, 5.41) is 3.34. The van der Waals surface area contributed by atoms with Crippen molar-refractivity contribution >= 4 is 15.7 Å². The van der Waals surface area contributed by atoms with Gasteiger partial charge in [-0.1, -0.05) is 19.9 Å². The molecule has 0 aliphatic rings. The molecule has 1 rings (SSSR count). The molecule has 0 amide bonds. The summed E-state index contributed by atoms with van der Waals surface area (Å²) in [6.07, 6.45) is 1.05. The van der Waals surface area contributed by atoms with E-state index in [1.165, 1.54) is 18.4 Å². The van der Waals surface area contributed by atoms with Gasteiger partial charge in [0.2, 0.25) is 10.0 Å². The van der Waals surface area contributed by atoms with E-state index >= 15 is 0 Å². The second-order valence-corrected chi connectivity index (χ2v) is 7.64. The summed E-state index contributed by atoms with van der Waals surface area (Å²) in [5.74, 6) is 0.608. The first-order valence-corrected chi connectivity index (χ1v) is 7.96. The minimum absolute atomic E-state index is 0.317. The summed E-state index contributed by atoms with van der Waals surface area (Å²) in [7, 11) is -0.288. The molecule has 0 aliphatic carbocycles. The Kier molecular flexibility index (Phi) is 5.38. The molecule has 0 heterocycles. The number of hydrogen-bond acceptors (Lipinski definition) is 3. The van der Waals surface area contributed by atoms with Crippen molar-refractivity contribution in [3.8, 4) is 0 Å². The van der Waals surface area contributed by atoms with Crippen molar-refractivity contribution < 1.29 is 8.42 Å². The van der Waals surface area contributed by atoms with Crippen LogP contribution in [0.2, 0.25) is 0 Å². The van der Waals surface area contributed by atoms with Crippen LogP contribution in [0.15, 0.2) is 29.2 Å². The van der Waals surface area contributed by atoms with Gasteiger partial charge in [0.25, 0.3) is 0 Å². The minimum Gasteiger partial charge on any atom is -0.383 e. The first kappa shape index (κ1) is 16.0. The van der Waals surface area contributed by atoms with E-state index in [4.69, 9.17) is 0 Å². The molecular formula is C14H24N2O2S. The maximum atomic E-state index is 12.0. The summed E-state index contributed by atoms with van der Waals surface area (Å²) in [6, 6.07) is 7.28. The van der Waals surface area contributed by atoms with Crippen LogP contribution in [0.4, 0.5) is 5.69 Å². The highest BCUT2D eigenvalue weighted by Gasteiger charge is 2.17. The molecule has 0 fully saturated rings. The Bertz CT molecular complexity index is 510. The third kappa shape index (κ3) is 4.51. The van der Waals surface area contributed by atoms with Crippen LogP contribution in [0.5, 0.6) is 0 Å². The van der Waals surface area contributed by atoms with Crippen molar-refractivity contribution in [2.24, 2.45) is 5.92 Å². The monoisotopic (exact) mass is 284 g/mol. The summed E-state index contributed by atoms with van der Waals surface area (Å²) >= 11 is 0. The van der Waals surface area contributed by atoms with Crippen LogP contribution in [0, 0.1) is 5.92 Å². The Morgan fingerprint density at radius 3 is 2.37 bits per heavy atom. The lowest BCUT2D eigenvalue weighted by atomic mass is 10.1. The van der Waals surface area contributed by atoms with Crippen LogP contribution >= 0.6 is 0 Å². The van der Waals surface area contributed by atoms with Gasteiger partial charge in [0.15, 0.2) is 0 Å². The van der Waals surface area contributed by atoms with Crippen LogP contribution in [0.25, 0.3) is 0 Å². The zero-order chi connectivity index (χ0) is 14.6. The quantitative estimate of drug-likeness (QED) is 0.874. The van der Waals surface area contributed by atoms with Gasteiger partial charge in [-0.15, -0.1) is 0 Å². The summed E-state index contributed by atoms with van der Waals surface area (Å²) in [4.78, 5) is 0.319. The van der Waals surface area contributed by atoms with E-state index in [-0.39, 0.29) is 0 Å². The van der Waals surface area contributed by atoms with E-state index in [1.54, 1.807) is 18.2 Å². The van der Waals surface area contributed by atoms with Crippen LogP contribution < -0.4 is 5.32 Å². The van der Waals surface area contributed by atoms with E-state index in [9.17, 15) is 8.42 Å². The Morgan fingerprint density at radius 1 is 1.21 bits per heavy atom. The molecule has 108 valence electrons. The normalized spacial score (nSPS) is 13.8. The maximum Gasteiger partial charge on any atom is 0.242 e. The van der Waals surface area contributed by atoms with Crippen molar-refractivity contribution in [1.29, 1.82) is 0 Å². The van der Waals surface area contributed by atoms with Crippen LogP contribution in [0.1, 0.15) is 27.2 Å². The molecule has 1 N–H and O–H groups in total. The highest BCUT2D eigenvalue weighted by molar-refractivity contribution is 7.89. The lowest BCUT2D eigenvalue weighted by molar-refractivity contribution is 0.520. The summed E-state index contributed by atoms with van der Waals surface area (Å²) in [5.41, 5.74) is 0.844. The molecule has 1 atom stereocenters. The third-order valence-corrected chi connectivity index (χ3v) is 4.66. The molecule has 4 nitrogen and oxygen atoms in total. The fourth-order valence-corrected chi connectivity index (χ4v) is 2.96. The van der Waals surface area contributed by atoms with Crippen molar-refractivity contribution in [3.63, 3.8) is 0 Å². The number of anilines is 1. The number of nitrogens with zero attached hydrogens (tertiary/aromatic N) is 1. The van der Waals surface area contributed by atoms with Crippen molar-refractivity contribution in [3.05, 3.63) is 24.3 Å². The zero-order valence-electron chi connectivity index (χ0n) is 12.3. The van der Waals surface area contributed by atoms with Crippen molar-refractivity contribution in [2.75, 3.05) is 19.4 Å². The average molecular weight is 284 g/mol. The predicted octanol–water partition coefficient (Wildman–Crippen LogP) is 2.78. The summed E-state index contributed by atoms with van der Waals surface area (Å²) < 4.78 is 25.3. The van der Waals surface area contributed by atoms with Crippen LogP contribution in [-0.2, 0) is 10.0 Å². The number of hydrogen-bond donors (Lipinski definition) is 1. The zero-order valence-corrected chi connectivity index (χ0v) is 13.2. The number of benzene rings is 1. The first-order chi connectivity index (χ1) is 8.73. The predicted molar refractivity (Wildman–Crippen MR) is 79.9 cm³/mol. The molecule has 0 saturated carbocycles. The molecule has 0 spiro atoms. The van der Waals surface area contributed by atoms with E-state index in [1.807, 2.05) is 6.07 Å². The highest BCUT2D eigenvalue weighted by Crippen LogP contribution is 2.19. The second-order valence-electron chi connectivity index (χ2n) is 5.49. The molecule has 1 aromatic carbocycles. The maximum absolute atomic E-state index is 12.0. The van der Waals surface area contributed by atoms with Gasteiger partial charge in [-0.05, 0) is 37.5 Å². The van der Waals surface area contributed by atoms with E-state index in [0.717, 1.165) is 12.1 Å². The lowest BCUT2D eigenvalue weighted by Gasteiger charge is -2.18. The Balaban J connectivity index is 2.90. The molecular weight excluding hydrogens is 260 g/mol. The van der Waals surface area contributed by atoms with Gasteiger partial charge in [0, 0.05) is 25.8 Å². The van der Waals surface area contributed by atoms with Crippen molar-refractivity contribution in [1.82, 2.24) is 4.31 Å². The molecule has 0 radical (unpaired) electrons. The van der Waals surface area contributed by atoms with Gasteiger partial charge in [-0.3, -0.25) is 0 Å². The average Bonchev–Trinajstić information content (AvgIpc) is 2.27. The van der Waals surface area contributed by atoms with Gasteiger partial charge in [0.05, 0.1) is 4.90 Å². The van der Waals surface area contributed by atoms with Crippen LogP contribution in [0.3, 0.4) is 0 Å². The number of rotatable bonds is 6. The van der Waals surface area contributed by atoms with Gasteiger partial charge < -0.3 is 5.32 Å². The molecule has 5 heteroatoms. The minimum atomic E-state index is -3.36. The van der Waals surface area contributed by atoms with E-state index < -0.39 is 10.0 Å². The Morgan fingerprint density at radius 2 is 1.84 bits per heavy atom. The van der Waals surface area contributed by atoms with E-state index in [0.29, 0.717) is 16.9 Å². The SMILES string of the molecule is CC(C)CC(C)Nc1cccc(S(=O)(=O)N(C)C)c1. The number of nitrogens with one attached hydrogen (secondary N) is 1. The Hall–Kier alpha value is -1.07. The largest absolute Gasteiger partial charge is 0.383 e.